The predicted molar refractivity (Wildman–Crippen MR) is 52.2 cm³/mol. The second-order valence-electron chi connectivity index (χ2n) is 3.25. The lowest BCUT2D eigenvalue weighted by molar-refractivity contribution is -0.137. The van der Waals surface area contributed by atoms with Crippen LogP contribution in [0.1, 0.15) is 28.4 Å². The van der Waals surface area contributed by atoms with Gasteiger partial charge in [-0.2, -0.15) is 13.2 Å². The van der Waals surface area contributed by atoms with Gasteiger partial charge >= 0.3 is 12.1 Å². The largest absolute Gasteiger partial charge is 0.478 e. The van der Waals surface area contributed by atoms with Gasteiger partial charge in [0.25, 0.3) is 0 Å². The Balaban J connectivity index is 3.46. The summed E-state index contributed by atoms with van der Waals surface area (Å²) in [6.07, 6.45) is -4.32. The minimum absolute atomic E-state index is 0.108. The molecular weight excluding hydrogens is 223 g/mol. The maximum absolute atomic E-state index is 12.4. The number of halogens is 3. The van der Waals surface area contributed by atoms with E-state index in [2.05, 4.69) is 0 Å². The number of carboxylic acids is 1. The van der Waals surface area contributed by atoms with E-state index in [1.165, 1.54) is 0 Å². The van der Waals surface area contributed by atoms with Gasteiger partial charge < -0.3 is 10.8 Å². The first-order valence-corrected chi connectivity index (χ1v) is 4.50. The predicted octanol–water partition coefficient (Wildman–Crippen LogP) is 2.55. The number of carboxylic acid groups (broad SMARTS) is 1. The molecule has 1 rings (SSSR count). The van der Waals surface area contributed by atoms with E-state index >= 15 is 0 Å². The Kier molecular flexibility index (Phi) is 3.11. The van der Waals surface area contributed by atoms with E-state index in [1.807, 2.05) is 0 Å². The Labute approximate surface area is 89.7 Å². The minimum atomic E-state index is -4.57. The van der Waals surface area contributed by atoms with Gasteiger partial charge in [0.2, 0.25) is 0 Å². The summed E-state index contributed by atoms with van der Waals surface area (Å²) in [6.45, 7) is 1.61. The van der Waals surface area contributed by atoms with Crippen molar-refractivity contribution in [2.45, 2.75) is 19.5 Å². The molecule has 0 aromatic heterocycles. The summed E-state index contributed by atoms with van der Waals surface area (Å²) in [6, 6.07) is 1.43. The van der Waals surface area contributed by atoms with Gasteiger partial charge in [-0.25, -0.2) is 4.79 Å². The summed E-state index contributed by atoms with van der Waals surface area (Å²) in [5.41, 5.74) is 4.04. The first-order valence-electron chi connectivity index (χ1n) is 4.50. The lowest BCUT2D eigenvalue weighted by Crippen LogP contribution is -2.12. The van der Waals surface area contributed by atoms with Crippen molar-refractivity contribution in [2.24, 2.45) is 0 Å². The summed E-state index contributed by atoms with van der Waals surface area (Å²) >= 11 is 0. The van der Waals surface area contributed by atoms with Gasteiger partial charge in [-0.05, 0) is 24.1 Å². The Bertz CT molecular complexity index is 427. The highest BCUT2D eigenvalue weighted by Gasteiger charge is 2.32. The number of anilines is 1. The number of alkyl halides is 3. The van der Waals surface area contributed by atoms with E-state index in [0.29, 0.717) is 6.07 Å². The molecule has 0 aliphatic heterocycles. The number of hydrogen-bond acceptors (Lipinski definition) is 2. The van der Waals surface area contributed by atoms with E-state index < -0.39 is 23.3 Å². The van der Waals surface area contributed by atoms with Crippen LogP contribution >= 0.6 is 0 Å². The van der Waals surface area contributed by atoms with Crippen LogP contribution in [0, 0.1) is 0 Å². The number of aryl methyl sites for hydroxylation is 1. The van der Waals surface area contributed by atoms with Crippen LogP contribution in [0.5, 0.6) is 0 Å². The van der Waals surface area contributed by atoms with Crippen LogP contribution in [0.15, 0.2) is 12.1 Å². The van der Waals surface area contributed by atoms with Crippen LogP contribution < -0.4 is 5.73 Å². The standard InChI is InChI=1S/C10H10F3NO2/c1-2-5-3-6(10(11,12)13)4-7(8(5)14)9(15)16/h3-4H,2,14H2,1H3,(H,15,16). The van der Waals surface area contributed by atoms with Gasteiger partial charge in [-0.15, -0.1) is 0 Å². The number of rotatable bonds is 2. The highest BCUT2D eigenvalue weighted by molar-refractivity contribution is 5.94. The molecule has 0 saturated carbocycles. The Morgan fingerprint density at radius 3 is 2.38 bits per heavy atom. The summed E-state index contributed by atoms with van der Waals surface area (Å²) in [4.78, 5) is 10.7. The maximum Gasteiger partial charge on any atom is 0.416 e. The summed E-state index contributed by atoms with van der Waals surface area (Å²) in [7, 11) is 0. The lowest BCUT2D eigenvalue weighted by atomic mass is 10.0. The van der Waals surface area contributed by atoms with E-state index in [1.54, 1.807) is 6.92 Å². The average molecular weight is 233 g/mol. The molecule has 88 valence electrons. The minimum Gasteiger partial charge on any atom is -0.478 e. The molecule has 3 nitrogen and oxygen atoms in total. The van der Waals surface area contributed by atoms with E-state index in [9.17, 15) is 18.0 Å². The first-order chi connectivity index (χ1) is 7.27. The van der Waals surface area contributed by atoms with E-state index in [0.717, 1.165) is 6.07 Å². The van der Waals surface area contributed by atoms with Gasteiger partial charge in [0, 0.05) is 5.69 Å². The van der Waals surface area contributed by atoms with Gasteiger partial charge in [-0.1, -0.05) is 6.92 Å². The molecule has 0 aliphatic carbocycles. The van der Waals surface area contributed by atoms with Crippen molar-refractivity contribution in [3.05, 3.63) is 28.8 Å². The molecule has 0 saturated heterocycles. The molecule has 6 heteroatoms. The van der Waals surface area contributed by atoms with Crippen LogP contribution in [0.2, 0.25) is 0 Å². The highest BCUT2D eigenvalue weighted by atomic mass is 19.4. The van der Waals surface area contributed by atoms with E-state index in [-0.39, 0.29) is 17.7 Å². The van der Waals surface area contributed by atoms with Crippen molar-refractivity contribution in [2.75, 3.05) is 5.73 Å². The second kappa shape index (κ2) is 4.03. The number of carbonyl (C=O) groups is 1. The zero-order chi connectivity index (χ0) is 12.5. The number of nitrogen functional groups attached to an aromatic ring is 1. The fraction of sp³-hybridized carbons (Fsp3) is 0.300. The van der Waals surface area contributed by atoms with Crippen molar-refractivity contribution < 1.29 is 23.1 Å². The van der Waals surface area contributed by atoms with Gasteiger partial charge in [0.15, 0.2) is 0 Å². The lowest BCUT2D eigenvalue weighted by Gasteiger charge is -2.12. The third-order valence-electron chi connectivity index (χ3n) is 2.20. The molecular formula is C10H10F3NO2. The zero-order valence-electron chi connectivity index (χ0n) is 8.43. The van der Waals surface area contributed by atoms with Crippen molar-refractivity contribution in [3.8, 4) is 0 Å². The molecule has 0 atom stereocenters. The molecule has 0 heterocycles. The molecule has 0 spiro atoms. The summed E-state index contributed by atoms with van der Waals surface area (Å²) in [5.74, 6) is -1.46. The summed E-state index contributed by atoms with van der Waals surface area (Å²) in [5, 5.41) is 8.73. The second-order valence-corrected chi connectivity index (χ2v) is 3.25. The number of benzene rings is 1. The molecule has 3 N–H and O–H groups in total. The SMILES string of the molecule is CCc1cc(C(F)(F)F)cc(C(=O)O)c1N. The highest BCUT2D eigenvalue weighted by Crippen LogP contribution is 2.33. The Morgan fingerprint density at radius 1 is 1.44 bits per heavy atom. The van der Waals surface area contributed by atoms with Crippen molar-refractivity contribution in [1.82, 2.24) is 0 Å². The molecule has 0 bridgehead atoms. The van der Waals surface area contributed by atoms with Crippen molar-refractivity contribution >= 4 is 11.7 Å². The smallest absolute Gasteiger partial charge is 0.416 e. The maximum atomic E-state index is 12.4. The molecule has 1 aromatic rings. The first kappa shape index (κ1) is 12.4. The average Bonchev–Trinajstić information content (AvgIpc) is 2.15. The fourth-order valence-electron chi connectivity index (χ4n) is 1.35. The quantitative estimate of drug-likeness (QED) is 0.771. The molecule has 0 fully saturated rings. The van der Waals surface area contributed by atoms with Crippen molar-refractivity contribution in [1.29, 1.82) is 0 Å². The number of nitrogens with two attached hydrogens (primary N) is 1. The topological polar surface area (TPSA) is 63.3 Å². The van der Waals surface area contributed by atoms with E-state index in [4.69, 9.17) is 10.8 Å². The van der Waals surface area contributed by atoms with Crippen LogP contribution in [-0.2, 0) is 12.6 Å². The van der Waals surface area contributed by atoms with Gasteiger partial charge in [0.1, 0.15) is 0 Å². The molecule has 0 unspecified atom stereocenters. The molecule has 0 aliphatic rings. The monoisotopic (exact) mass is 233 g/mol. The number of hydrogen-bond donors (Lipinski definition) is 2. The van der Waals surface area contributed by atoms with Crippen LogP contribution in [-0.4, -0.2) is 11.1 Å². The normalized spacial score (nSPS) is 11.5. The third kappa shape index (κ3) is 2.26. The Hall–Kier alpha value is -1.72. The van der Waals surface area contributed by atoms with Crippen LogP contribution in [0.4, 0.5) is 18.9 Å². The molecule has 1 aromatic carbocycles. The molecule has 16 heavy (non-hydrogen) atoms. The number of aromatic carboxylic acids is 1. The van der Waals surface area contributed by atoms with Crippen LogP contribution in [0.3, 0.4) is 0 Å². The molecule has 0 amide bonds. The van der Waals surface area contributed by atoms with Crippen LogP contribution in [0.25, 0.3) is 0 Å². The van der Waals surface area contributed by atoms with Crippen molar-refractivity contribution in [3.63, 3.8) is 0 Å². The Morgan fingerprint density at radius 2 is 2.00 bits per heavy atom. The third-order valence-corrected chi connectivity index (χ3v) is 2.20. The molecule has 0 radical (unpaired) electrons. The zero-order valence-corrected chi connectivity index (χ0v) is 8.43. The summed E-state index contributed by atoms with van der Waals surface area (Å²) < 4.78 is 37.3. The fourth-order valence-corrected chi connectivity index (χ4v) is 1.35. The van der Waals surface area contributed by atoms with Gasteiger partial charge in [0.05, 0.1) is 11.1 Å². The van der Waals surface area contributed by atoms with Gasteiger partial charge in [-0.3, -0.25) is 0 Å².